The van der Waals surface area contributed by atoms with E-state index >= 15 is 0 Å². The van der Waals surface area contributed by atoms with Crippen LogP contribution >= 0.6 is 0 Å². The van der Waals surface area contributed by atoms with Crippen LogP contribution in [0.1, 0.15) is 19.4 Å². The van der Waals surface area contributed by atoms with Gasteiger partial charge in [0.05, 0.1) is 18.6 Å². The zero-order chi connectivity index (χ0) is 14.9. The number of pyridine rings is 1. The molecule has 2 unspecified atom stereocenters. The van der Waals surface area contributed by atoms with Gasteiger partial charge in [-0.15, -0.1) is 0 Å². The Kier molecular flexibility index (Phi) is 3.47. The number of aromatic nitrogens is 1. The summed E-state index contributed by atoms with van der Waals surface area (Å²) < 4.78 is 0. The average Bonchev–Trinajstić information content (AvgIpc) is 2.84. The lowest BCUT2D eigenvalue weighted by Gasteiger charge is -2.38. The van der Waals surface area contributed by atoms with Crippen LogP contribution in [0.2, 0.25) is 0 Å². The van der Waals surface area contributed by atoms with E-state index in [1.54, 1.807) is 12.4 Å². The van der Waals surface area contributed by atoms with E-state index in [1.165, 1.54) is 0 Å². The zero-order valence-electron chi connectivity index (χ0n) is 12.2. The van der Waals surface area contributed by atoms with Crippen LogP contribution in [-0.2, 0) is 5.41 Å². The van der Waals surface area contributed by atoms with Crippen molar-refractivity contribution in [3.63, 3.8) is 0 Å². The molecule has 2 atom stereocenters. The Hall–Kier alpha value is -2.21. The van der Waals surface area contributed by atoms with Crippen molar-refractivity contribution >= 4 is 12.1 Å². The summed E-state index contributed by atoms with van der Waals surface area (Å²) in [5.74, 6) is 0.777. The highest BCUT2D eigenvalue weighted by Gasteiger charge is 2.45. The number of hydrogen-bond acceptors (Lipinski definition) is 5. The van der Waals surface area contributed by atoms with E-state index in [0.29, 0.717) is 6.54 Å². The van der Waals surface area contributed by atoms with Gasteiger partial charge in [0.25, 0.3) is 0 Å². The number of aliphatic hydroxyl groups excluding tert-OH is 1. The van der Waals surface area contributed by atoms with E-state index in [9.17, 15) is 0 Å². The summed E-state index contributed by atoms with van der Waals surface area (Å²) in [6.07, 6.45) is 7.46. The van der Waals surface area contributed by atoms with E-state index in [1.807, 2.05) is 36.4 Å². The molecular weight excluding hydrogens is 266 g/mol. The first-order valence-electron chi connectivity index (χ1n) is 7.00. The molecule has 0 radical (unpaired) electrons. The zero-order valence-corrected chi connectivity index (χ0v) is 12.2. The smallest absolute Gasteiger partial charge is 0.148 e. The highest BCUT2D eigenvalue weighted by molar-refractivity contribution is 5.97. The summed E-state index contributed by atoms with van der Waals surface area (Å²) >= 11 is 0. The first-order chi connectivity index (χ1) is 10.1. The highest BCUT2D eigenvalue weighted by Crippen LogP contribution is 2.34. The molecule has 21 heavy (non-hydrogen) atoms. The average molecular weight is 285 g/mol. The van der Waals surface area contributed by atoms with Crippen molar-refractivity contribution < 1.29 is 5.11 Å². The molecule has 110 valence electrons. The number of nitrogens with one attached hydrogen (secondary N) is 1. The van der Waals surface area contributed by atoms with Gasteiger partial charge in [0.15, 0.2) is 0 Å². The summed E-state index contributed by atoms with van der Waals surface area (Å²) in [6.45, 7) is 4.57. The fourth-order valence-corrected chi connectivity index (χ4v) is 2.72. The first-order valence-corrected chi connectivity index (χ1v) is 7.00. The number of aliphatic imine (C=N–C) groups is 1. The molecule has 6 nitrogen and oxygen atoms in total. The monoisotopic (exact) mass is 285 g/mol. The lowest BCUT2D eigenvalue weighted by atomic mass is 9.81. The topological polar surface area (TPSA) is 73.1 Å². The highest BCUT2D eigenvalue weighted by atomic mass is 16.3. The van der Waals surface area contributed by atoms with Crippen molar-refractivity contribution in [2.45, 2.75) is 25.4 Å². The van der Waals surface area contributed by atoms with Crippen LogP contribution in [0, 0.1) is 0 Å². The SMILES string of the molecule is CC1=CC(=NCCO)N2N=CC(C)(c3ccncc3)C2N1. The van der Waals surface area contributed by atoms with E-state index in [2.05, 4.69) is 27.3 Å². The van der Waals surface area contributed by atoms with Gasteiger partial charge in [-0.2, -0.15) is 5.10 Å². The minimum absolute atomic E-state index is 0.0256. The van der Waals surface area contributed by atoms with Gasteiger partial charge in [0, 0.05) is 30.4 Å². The number of nitrogens with zero attached hydrogens (tertiary/aromatic N) is 4. The maximum atomic E-state index is 8.98. The van der Waals surface area contributed by atoms with Crippen LogP contribution in [0.5, 0.6) is 0 Å². The van der Waals surface area contributed by atoms with Crippen molar-refractivity contribution in [1.82, 2.24) is 15.3 Å². The minimum Gasteiger partial charge on any atom is -0.394 e. The number of aliphatic hydroxyl groups is 1. The van der Waals surface area contributed by atoms with Gasteiger partial charge in [-0.25, -0.2) is 5.01 Å². The second kappa shape index (κ2) is 5.29. The number of allylic oxidation sites excluding steroid dienone is 1. The standard InChI is InChI=1S/C15H19N5O/c1-11-9-13(17-7-8-21)20-14(19-11)15(2,10-18-20)12-3-5-16-6-4-12/h3-6,9-10,14,19,21H,7-8H2,1-2H3. The van der Waals surface area contributed by atoms with Crippen molar-refractivity contribution in [2.75, 3.05) is 13.2 Å². The predicted octanol–water partition coefficient (Wildman–Crippen LogP) is 0.865. The van der Waals surface area contributed by atoms with Crippen molar-refractivity contribution in [1.29, 1.82) is 0 Å². The summed E-state index contributed by atoms with van der Waals surface area (Å²) in [5, 5.41) is 18.9. The van der Waals surface area contributed by atoms with E-state index < -0.39 is 0 Å². The summed E-state index contributed by atoms with van der Waals surface area (Å²) in [4.78, 5) is 8.49. The Bertz CT molecular complexity index is 610. The van der Waals surface area contributed by atoms with Gasteiger partial charge < -0.3 is 10.4 Å². The van der Waals surface area contributed by atoms with Crippen molar-refractivity contribution in [3.8, 4) is 0 Å². The number of amidine groups is 1. The van der Waals surface area contributed by atoms with Crippen molar-refractivity contribution in [3.05, 3.63) is 41.9 Å². The summed E-state index contributed by atoms with van der Waals surface area (Å²) in [7, 11) is 0. The Morgan fingerprint density at radius 3 is 2.90 bits per heavy atom. The molecule has 0 spiro atoms. The maximum Gasteiger partial charge on any atom is 0.148 e. The van der Waals surface area contributed by atoms with Gasteiger partial charge in [-0.05, 0) is 31.5 Å². The molecule has 1 aromatic heterocycles. The summed E-state index contributed by atoms with van der Waals surface area (Å²) in [5.41, 5.74) is 1.93. The second-order valence-corrected chi connectivity index (χ2v) is 5.45. The third-order valence-corrected chi connectivity index (χ3v) is 3.88. The van der Waals surface area contributed by atoms with Crippen LogP contribution in [-0.4, -0.2) is 46.5 Å². The molecule has 0 aromatic carbocycles. The molecule has 2 aliphatic rings. The molecule has 0 saturated carbocycles. The van der Waals surface area contributed by atoms with Gasteiger partial charge >= 0.3 is 0 Å². The molecule has 3 rings (SSSR count). The molecule has 0 aliphatic carbocycles. The molecule has 1 aromatic rings. The lowest BCUT2D eigenvalue weighted by molar-refractivity contribution is 0.250. The molecule has 0 amide bonds. The second-order valence-electron chi connectivity index (χ2n) is 5.45. The fourth-order valence-electron chi connectivity index (χ4n) is 2.72. The molecule has 0 bridgehead atoms. The maximum absolute atomic E-state index is 8.98. The molecular formula is C15H19N5O. The van der Waals surface area contributed by atoms with E-state index in [-0.39, 0.29) is 18.2 Å². The molecule has 2 aliphatic heterocycles. The fraction of sp³-hybridized carbons (Fsp3) is 0.400. The van der Waals surface area contributed by atoms with E-state index in [0.717, 1.165) is 17.1 Å². The number of hydrazone groups is 1. The van der Waals surface area contributed by atoms with Gasteiger partial charge in [-0.3, -0.25) is 9.98 Å². The molecule has 0 fully saturated rings. The van der Waals surface area contributed by atoms with Crippen LogP contribution in [0.4, 0.5) is 0 Å². The number of rotatable bonds is 3. The Balaban J connectivity index is 1.97. The van der Waals surface area contributed by atoms with Crippen molar-refractivity contribution in [2.24, 2.45) is 10.1 Å². The van der Waals surface area contributed by atoms with Gasteiger partial charge in [0.1, 0.15) is 12.0 Å². The van der Waals surface area contributed by atoms with Crippen LogP contribution in [0.25, 0.3) is 0 Å². The summed E-state index contributed by atoms with van der Waals surface area (Å²) in [6, 6.07) is 4.02. The van der Waals surface area contributed by atoms with Gasteiger partial charge in [0.2, 0.25) is 0 Å². The van der Waals surface area contributed by atoms with E-state index in [4.69, 9.17) is 5.11 Å². The van der Waals surface area contributed by atoms with Crippen LogP contribution in [0.3, 0.4) is 0 Å². The normalized spacial score (nSPS) is 29.3. The number of fused-ring (bicyclic) bond motifs is 1. The van der Waals surface area contributed by atoms with Crippen LogP contribution in [0.15, 0.2) is 46.4 Å². The van der Waals surface area contributed by atoms with Gasteiger partial charge in [-0.1, -0.05) is 0 Å². The number of hydrogen-bond donors (Lipinski definition) is 2. The third kappa shape index (κ3) is 2.31. The largest absolute Gasteiger partial charge is 0.394 e. The minimum atomic E-state index is -0.265. The molecule has 2 N–H and O–H groups in total. The Morgan fingerprint density at radius 2 is 2.19 bits per heavy atom. The first kappa shape index (κ1) is 13.8. The lowest BCUT2D eigenvalue weighted by Crippen LogP contribution is -2.55. The Morgan fingerprint density at radius 1 is 1.43 bits per heavy atom. The third-order valence-electron chi connectivity index (χ3n) is 3.88. The predicted molar refractivity (Wildman–Crippen MR) is 82.0 cm³/mol. The quantitative estimate of drug-likeness (QED) is 0.864. The molecule has 6 heteroatoms. The van der Waals surface area contributed by atoms with Crippen LogP contribution < -0.4 is 5.32 Å². The molecule has 0 saturated heterocycles. The molecule has 3 heterocycles. The Labute approximate surface area is 123 Å².